The van der Waals surface area contributed by atoms with Gasteiger partial charge < -0.3 is 19.2 Å². The molecule has 1 aromatic heterocycles. The van der Waals surface area contributed by atoms with Crippen LogP contribution in [0.3, 0.4) is 0 Å². The number of amides is 1. The Labute approximate surface area is 161 Å². The van der Waals surface area contributed by atoms with Gasteiger partial charge in [0.25, 0.3) is 5.91 Å². The number of rotatable bonds is 7. The van der Waals surface area contributed by atoms with Gasteiger partial charge in [0.15, 0.2) is 6.61 Å². The highest BCUT2D eigenvalue weighted by Crippen LogP contribution is 2.27. The summed E-state index contributed by atoms with van der Waals surface area (Å²) >= 11 is 5.80. The highest BCUT2D eigenvalue weighted by Gasteiger charge is 2.22. The Bertz CT molecular complexity index is 949. The van der Waals surface area contributed by atoms with Crippen LogP contribution < -0.4 is 5.32 Å². The number of carbonyl (C=O) groups excluding carboxylic acids is 2. The lowest BCUT2D eigenvalue weighted by molar-refractivity contribution is -0.119. The molecule has 1 heterocycles. The van der Waals surface area contributed by atoms with Crippen LogP contribution in [0, 0.1) is 0 Å². The Kier molecular flexibility index (Phi) is 6.11. The third-order valence-electron chi connectivity index (χ3n) is 3.80. The number of anilines is 1. The SMILES string of the molecule is CCOCc1c(C(=O)OCC(=O)Nc2ccc(Cl)cc2)oc2ccccc12. The normalized spacial score (nSPS) is 10.7. The number of ether oxygens (including phenoxy) is 2. The molecule has 0 aliphatic rings. The van der Waals surface area contributed by atoms with Crippen molar-refractivity contribution in [3.8, 4) is 0 Å². The van der Waals surface area contributed by atoms with Gasteiger partial charge in [-0.3, -0.25) is 4.79 Å². The molecule has 1 amide bonds. The van der Waals surface area contributed by atoms with Gasteiger partial charge in [-0.1, -0.05) is 29.8 Å². The average Bonchev–Trinajstić information content (AvgIpc) is 3.05. The Morgan fingerprint density at radius 3 is 2.59 bits per heavy atom. The third-order valence-corrected chi connectivity index (χ3v) is 4.05. The van der Waals surface area contributed by atoms with Crippen LogP contribution in [0.25, 0.3) is 11.0 Å². The van der Waals surface area contributed by atoms with Crippen LogP contribution in [0.15, 0.2) is 52.9 Å². The minimum absolute atomic E-state index is 0.0453. The Morgan fingerprint density at radius 1 is 1.11 bits per heavy atom. The number of furan rings is 1. The molecule has 0 bridgehead atoms. The van der Waals surface area contributed by atoms with Crippen molar-refractivity contribution in [1.29, 1.82) is 0 Å². The van der Waals surface area contributed by atoms with Crippen LogP contribution >= 0.6 is 11.6 Å². The van der Waals surface area contributed by atoms with E-state index in [9.17, 15) is 9.59 Å². The summed E-state index contributed by atoms with van der Waals surface area (Å²) in [7, 11) is 0. The fourth-order valence-corrected chi connectivity index (χ4v) is 2.66. The molecular formula is C20H18ClNO5. The molecule has 1 N–H and O–H groups in total. The number of halogens is 1. The maximum absolute atomic E-state index is 12.4. The number of para-hydroxylation sites is 1. The number of hydrogen-bond acceptors (Lipinski definition) is 5. The van der Waals surface area contributed by atoms with E-state index in [4.69, 9.17) is 25.5 Å². The zero-order chi connectivity index (χ0) is 19.2. The number of benzene rings is 2. The molecule has 0 spiro atoms. The van der Waals surface area contributed by atoms with Crippen molar-refractivity contribution in [1.82, 2.24) is 0 Å². The summed E-state index contributed by atoms with van der Waals surface area (Å²) in [5, 5.41) is 3.96. The first-order valence-electron chi connectivity index (χ1n) is 8.39. The van der Waals surface area contributed by atoms with Crippen molar-refractivity contribution in [3.63, 3.8) is 0 Å². The molecule has 7 heteroatoms. The van der Waals surface area contributed by atoms with Gasteiger partial charge in [0.1, 0.15) is 5.58 Å². The number of hydrogen-bond donors (Lipinski definition) is 1. The summed E-state index contributed by atoms with van der Waals surface area (Å²) in [5.74, 6) is -1.13. The molecule has 0 unspecified atom stereocenters. The molecule has 0 atom stereocenters. The summed E-state index contributed by atoms with van der Waals surface area (Å²) < 4.78 is 16.2. The fourth-order valence-electron chi connectivity index (χ4n) is 2.54. The first-order valence-corrected chi connectivity index (χ1v) is 8.77. The van der Waals surface area contributed by atoms with Crippen LogP contribution in [-0.2, 0) is 20.9 Å². The molecule has 0 saturated heterocycles. The Morgan fingerprint density at radius 2 is 1.85 bits per heavy atom. The van der Waals surface area contributed by atoms with Gasteiger partial charge in [0, 0.05) is 28.3 Å². The van der Waals surface area contributed by atoms with E-state index in [0.717, 1.165) is 5.39 Å². The van der Waals surface area contributed by atoms with Crippen LogP contribution in [-0.4, -0.2) is 25.1 Å². The second kappa shape index (κ2) is 8.70. The second-order valence-corrected chi connectivity index (χ2v) is 6.11. The van der Waals surface area contributed by atoms with E-state index in [0.29, 0.717) is 28.5 Å². The summed E-state index contributed by atoms with van der Waals surface area (Å²) in [5.41, 5.74) is 1.72. The lowest BCUT2D eigenvalue weighted by Gasteiger charge is -2.07. The van der Waals surface area contributed by atoms with E-state index >= 15 is 0 Å². The van der Waals surface area contributed by atoms with E-state index in [1.807, 2.05) is 25.1 Å². The van der Waals surface area contributed by atoms with Crippen molar-refractivity contribution in [2.75, 3.05) is 18.5 Å². The molecule has 0 aliphatic heterocycles. The van der Waals surface area contributed by atoms with Gasteiger partial charge in [-0.25, -0.2) is 4.79 Å². The molecule has 3 aromatic rings. The monoisotopic (exact) mass is 387 g/mol. The largest absolute Gasteiger partial charge is 0.450 e. The zero-order valence-electron chi connectivity index (χ0n) is 14.7. The Hall–Kier alpha value is -2.83. The maximum atomic E-state index is 12.4. The van der Waals surface area contributed by atoms with Crippen LogP contribution in [0.5, 0.6) is 0 Å². The van der Waals surface area contributed by atoms with Gasteiger partial charge >= 0.3 is 5.97 Å². The molecule has 6 nitrogen and oxygen atoms in total. The lowest BCUT2D eigenvalue weighted by atomic mass is 10.1. The molecule has 2 aromatic carbocycles. The predicted octanol–water partition coefficient (Wildman–Crippen LogP) is 4.42. The number of fused-ring (bicyclic) bond motifs is 1. The number of nitrogens with one attached hydrogen (secondary N) is 1. The van der Waals surface area contributed by atoms with Crippen LogP contribution in [0.2, 0.25) is 5.02 Å². The number of carbonyl (C=O) groups is 2. The van der Waals surface area contributed by atoms with Crippen LogP contribution in [0.4, 0.5) is 5.69 Å². The molecule has 27 heavy (non-hydrogen) atoms. The molecule has 0 fully saturated rings. The van der Waals surface area contributed by atoms with Crippen LogP contribution in [0.1, 0.15) is 23.0 Å². The first kappa shape index (κ1) is 18.9. The van der Waals surface area contributed by atoms with Crippen molar-refractivity contribution >= 4 is 40.1 Å². The highest BCUT2D eigenvalue weighted by molar-refractivity contribution is 6.30. The first-order chi connectivity index (χ1) is 13.1. The summed E-state index contributed by atoms with van der Waals surface area (Å²) in [6, 6.07) is 13.9. The second-order valence-electron chi connectivity index (χ2n) is 5.67. The van der Waals surface area contributed by atoms with Crippen molar-refractivity contribution < 1.29 is 23.5 Å². The lowest BCUT2D eigenvalue weighted by Crippen LogP contribution is -2.21. The van der Waals surface area contributed by atoms with E-state index in [1.54, 1.807) is 30.3 Å². The molecule has 0 radical (unpaired) electrons. The minimum atomic E-state index is -0.716. The topological polar surface area (TPSA) is 77.8 Å². The van der Waals surface area contributed by atoms with Gasteiger partial charge in [-0.15, -0.1) is 0 Å². The van der Waals surface area contributed by atoms with Crippen molar-refractivity contribution in [2.45, 2.75) is 13.5 Å². The standard InChI is InChI=1S/C20H18ClNO5/c1-2-25-11-16-15-5-3-4-6-17(15)27-19(16)20(24)26-12-18(23)22-14-9-7-13(21)8-10-14/h3-10H,2,11-12H2,1H3,(H,22,23). The fraction of sp³-hybridized carbons (Fsp3) is 0.200. The zero-order valence-corrected chi connectivity index (χ0v) is 15.4. The summed E-state index contributed by atoms with van der Waals surface area (Å²) in [6.45, 7) is 2.14. The predicted molar refractivity (Wildman–Crippen MR) is 102 cm³/mol. The quantitative estimate of drug-likeness (QED) is 0.607. The number of esters is 1. The third kappa shape index (κ3) is 4.67. The Balaban J connectivity index is 1.68. The van der Waals surface area contributed by atoms with E-state index < -0.39 is 18.5 Å². The van der Waals surface area contributed by atoms with Crippen molar-refractivity contribution in [3.05, 3.63) is 64.9 Å². The maximum Gasteiger partial charge on any atom is 0.375 e. The van der Waals surface area contributed by atoms with Gasteiger partial charge in [0.05, 0.1) is 6.61 Å². The molecule has 0 aliphatic carbocycles. The van der Waals surface area contributed by atoms with Gasteiger partial charge in [-0.2, -0.15) is 0 Å². The van der Waals surface area contributed by atoms with E-state index in [1.165, 1.54) is 0 Å². The minimum Gasteiger partial charge on any atom is -0.450 e. The smallest absolute Gasteiger partial charge is 0.375 e. The summed E-state index contributed by atoms with van der Waals surface area (Å²) in [4.78, 5) is 24.4. The molecule has 0 saturated carbocycles. The molecule has 3 rings (SSSR count). The van der Waals surface area contributed by atoms with Gasteiger partial charge in [0.2, 0.25) is 5.76 Å². The molecule has 140 valence electrons. The summed E-state index contributed by atoms with van der Waals surface area (Å²) in [6.07, 6.45) is 0. The van der Waals surface area contributed by atoms with E-state index in [-0.39, 0.29) is 12.4 Å². The molecular weight excluding hydrogens is 370 g/mol. The highest BCUT2D eigenvalue weighted by atomic mass is 35.5. The van der Waals surface area contributed by atoms with E-state index in [2.05, 4.69) is 5.32 Å². The average molecular weight is 388 g/mol. The van der Waals surface area contributed by atoms with Crippen molar-refractivity contribution in [2.24, 2.45) is 0 Å². The van der Waals surface area contributed by atoms with Gasteiger partial charge in [-0.05, 0) is 37.3 Å².